The quantitative estimate of drug-likeness (QED) is 0.641. The highest BCUT2D eigenvalue weighted by Crippen LogP contribution is 2.13. The second-order valence-corrected chi connectivity index (χ2v) is 2.93. The lowest BCUT2D eigenvalue weighted by Crippen LogP contribution is -2.18. The van der Waals surface area contributed by atoms with Crippen LogP contribution in [0.15, 0.2) is 24.3 Å². The number of hydrogen-bond acceptors (Lipinski definition) is 3. The maximum atomic E-state index is 11.0. The van der Waals surface area contributed by atoms with Gasteiger partial charge < -0.3 is 11.1 Å². The summed E-state index contributed by atoms with van der Waals surface area (Å²) in [7, 11) is 0. The van der Waals surface area contributed by atoms with Crippen LogP contribution < -0.4 is 11.1 Å². The van der Waals surface area contributed by atoms with Gasteiger partial charge in [-0.25, -0.2) is 0 Å². The zero-order valence-corrected chi connectivity index (χ0v) is 8.25. The van der Waals surface area contributed by atoms with Crippen LogP contribution in [0.2, 0.25) is 0 Å². The van der Waals surface area contributed by atoms with E-state index < -0.39 is 5.91 Å². The minimum Gasteiger partial charge on any atom is -0.366 e. The minimum absolute atomic E-state index is 0.0626. The molecule has 74 valence electrons. The molecule has 0 unspecified atom stereocenters. The van der Waals surface area contributed by atoms with E-state index in [1.807, 2.05) is 0 Å². The van der Waals surface area contributed by atoms with Gasteiger partial charge in [0.05, 0.1) is 17.0 Å². The van der Waals surface area contributed by atoms with Crippen molar-refractivity contribution in [2.24, 2.45) is 5.73 Å². The molecular weight excluding hydrogens is 200 g/mol. The van der Waals surface area contributed by atoms with E-state index in [1.165, 1.54) is 0 Å². The molecule has 1 aromatic rings. The van der Waals surface area contributed by atoms with E-state index in [2.05, 4.69) is 17.9 Å². The molecule has 3 N–H and O–H groups in total. The molecule has 0 aliphatic rings. The van der Waals surface area contributed by atoms with Gasteiger partial charge in [0.15, 0.2) is 0 Å². The minimum atomic E-state index is -0.569. The Morgan fingerprint density at radius 1 is 1.36 bits per heavy atom. The highest BCUT2D eigenvalue weighted by molar-refractivity contribution is 7.81. The molecule has 0 saturated heterocycles. The number of nitrogens with one attached hydrogen (secondary N) is 1. The first-order valence-electron chi connectivity index (χ1n) is 3.94. The Bertz CT molecular complexity index is 366. The summed E-state index contributed by atoms with van der Waals surface area (Å²) in [6.07, 6.45) is 0. The molecule has 14 heavy (non-hydrogen) atoms. The summed E-state index contributed by atoms with van der Waals surface area (Å²) in [5.41, 5.74) is 5.83. The zero-order valence-electron chi connectivity index (χ0n) is 7.36. The van der Waals surface area contributed by atoms with Crippen molar-refractivity contribution in [2.75, 3.05) is 11.1 Å². The van der Waals surface area contributed by atoms with Crippen molar-refractivity contribution in [1.29, 1.82) is 0 Å². The summed E-state index contributed by atoms with van der Waals surface area (Å²) in [5.74, 6) is -0.783. The Hall–Kier alpha value is -1.49. The van der Waals surface area contributed by atoms with Gasteiger partial charge in [0.25, 0.3) is 5.91 Å². The number of anilines is 1. The molecule has 0 heterocycles. The predicted octanol–water partition coefficient (Wildman–Crippen LogP) is 0.654. The van der Waals surface area contributed by atoms with E-state index >= 15 is 0 Å². The normalized spacial score (nSPS) is 9.50. The third kappa shape index (κ3) is 2.50. The number of nitrogens with two attached hydrogens (primary N) is 1. The van der Waals surface area contributed by atoms with Crippen molar-refractivity contribution in [2.45, 2.75) is 0 Å². The lowest BCUT2D eigenvalue weighted by atomic mass is 10.1. The van der Waals surface area contributed by atoms with Gasteiger partial charge in [-0.3, -0.25) is 9.59 Å². The van der Waals surface area contributed by atoms with Crippen LogP contribution in [0, 0.1) is 0 Å². The van der Waals surface area contributed by atoms with Gasteiger partial charge in [-0.2, -0.15) is 12.6 Å². The van der Waals surface area contributed by atoms with E-state index in [4.69, 9.17) is 5.73 Å². The average molecular weight is 210 g/mol. The molecule has 0 fully saturated rings. The van der Waals surface area contributed by atoms with Gasteiger partial charge in [-0.1, -0.05) is 12.1 Å². The number of primary amides is 1. The van der Waals surface area contributed by atoms with Crippen molar-refractivity contribution in [3.63, 3.8) is 0 Å². The van der Waals surface area contributed by atoms with Crippen LogP contribution in [0.1, 0.15) is 10.4 Å². The molecule has 0 aliphatic heterocycles. The largest absolute Gasteiger partial charge is 0.366 e. The summed E-state index contributed by atoms with van der Waals surface area (Å²) >= 11 is 3.80. The van der Waals surface area contributed by atoms with Crippen molar-refractivity contribution >= 4 is 30.1 Å². The third-order valence-electron chi connectivity index (χ3n) is 1.61. The van der Waals surface area contributed by atoms with Gasteiger partial charge in [0, 0.05) is 0 Å². The van der Waals surface area contributed by atoms with Crippen molar-refractivity contribution in [1.82, 2.24) is 0 Å². The second-order valence-electron chi connectivity index (χ2n) is 2.62. The Morgan fingerprint density at radius 2 is 2.00 bits per heavy atom. The maximum Gasteiger partial charge on any atom is 0.250 e. The molecule has 5 heteroatoms. The number of carbonyl (C=O) groups is 2. The number of amides is 2. The van der Waals surface area contributed by atoms with Gasteiger partial charge in [0.2, 0.25) is 5.91 Å². The summed E-state index contributed by atoms with van der Waals surface area (Å²) in [5, 5.41) is 2.53. The summed E-state index contributed by atoms with van der Waals surface area (Å²) < 4.78 is 0. The molecule has 0 atom stereocenters. The predicted molar refractivity (Wildman–Crippen MR) is 57.4 cm³/mol. The summed E-state index contributed by atoms with van der Waals surface area (Å²) in [6, 6.07) is 6.55. The monoisotopic (exact) mass is 210 g/mol. The van der Waals surface area contributed by atoms with Gasteiger partial charge in [-0.05, 0) is 12.1 Å². The molecule has 1 aromatic carbocycles. The topological polar surface area (TPSA) is 72.2 Å². The molecule has 1 rings (SSSR count). The number of rotatable bonds is 3. The molecule has 2 amide bonds. The first-order valence-corrected chi connectivity index (χ1v) is 4.58. The molecule has 0 bridgehead atoms. The fraction of sp³-hybridized carbons (Fsp3) is 0.111. The molecule has 0 radical (unpaired) electrons. The highest BCUT2D eigenvalue weighted by atomic mass is 32.1. The number of benzene rings is 1. The maximum absolute atomic E-state index is 11.0. The van der Waals surface area contributed by atoms with Crippen LogP contribution >= 0.6 is 12.6 Å². The van der Waals surface area contributed by atoms with Gasteiger partial charge in [-0.15, -0.1) is 0 Å². The Labute approximate surface area is 86.9 Å². The fourth-order valence-corrected chi connectivity index (χ4v) is 1.08. The fourth-order valence-electron chi connectivity index (χ4n) is 0.997. The number of para-hydroxylation sites is 1. The number of carbonyl (C=O) groups excluding carboxylic acids is 2. The number of thiol groups is 1. The van der Waals surface area contributed by atoms with E-state index in [9.17, 15) is 9.59 Å². The van der Waals surface area contributed by atoms with Crippen LogP contribution in [-0.2, 0) is 4.79 Å². The molecule has 0 spiro atoms. The smallest absolute Gasteiger partial charge is 0.250 e. The standard InChI is InChI=1S/C9H10N2O2S/c10-9(13)6-3-1-2-4-7(6)11-8(12)5-14/h1-4,14H,5H2,(H2,10,13)(H,11,12). The molecule has 4 nitrogen and oxygen atoms in total. The Balaban J connectivity index is 2.95. The van der Waals surface area contributed by atoms with E-state index in [0.29, 0.717) is 11.3 Å². The average Bonchev–Trinajstić information content (AvgIpc) is 2.18. The van der Waals surface area contributed by atoms with Crippen LogP contribution in [0.3, 0.4) is 0 Å². The van der Waals surface area contributed by atoms with E-state index in [0.717, 1.165) is 0 Å². The SMILES string of the molecule is NC(=O)c1ccccc1NC(=O)CS. The van der Waals surface area contributed by atoms with Crippen LogP contribution in [0.25, 0.3) is 0 Å². The zero-order chi connectivity index (χ0) is 10.6. The van der Waals surface area contributed by atoms with Gasteiger partial charge in [0.1, 0.15) is 0 Å². The molecule has 0 aliphatic carbocycles. The van der Waals surface area contributed by atoms with Crippen LogP contribution in [0.4, 0.5) is 5.69 Å². The first kappa shape index (κ1) is 10.6. The highest BCUT2D eigenvalue weighted by Gasteiger charge is 2.08. The van der Waals surface area contributed by atoms with Crippen LogP contribution in [0.5, 0.6) is 0 Å². The van der Waals surface area contributed by atoms with E-state index in [1.54, 1.807) is 24.3 Å². The Morgan fingerprint density at radius 3 is 2.57 bits per heavy atom. The molecule has 0 saturated carbocycles. The lowest BCUT2D eigenvalue weighted by molar-refractivity contribution is -0.113. The van der Waals surface area contributed by atoms with E-state index in [-0.39, 0.29) is 11.7 Å². The van der Waals surface area contributed by atoms with Crippen molar-refractivity contribution in [3.05, 3.63) is 29.8 Å². The van der Waals surface area contributed by atoms with Crippen molar-refractivity contribution < 1.29 is 9.59 Å². The summed E-state index contributed by atoms with van der Waals surface area (Å²) in [4.78, 5) is 22.0. The third-order valence-corrected chi connectivity index (χ3v) is 1.90. The molecule has 0 aromatic heterocycles. The second kappa shape index (κ2) is 4.66. The van der Waals surface area contributed by atoms with Crippen LogP contribution in [-0.4, -0.2) is 17.6 Å². The number of hydrogen-bond donors (Lipinski definition) is 3. The van der Waals surface area contributed by atoms with Crippen molar-refractivity contribution in [3.8, 4) is 0 Å². The summed E-state index contributed by atoms with van der Waals surface area (Å²) in [6.45, 7) is 0. The first-order chi connectivity index (χ1) is 6.65. The lowest BCUT2D eigenvalue weighted by Gasteiger charge is -2.06. The molecular formula is C9H10N2O2S. The Kier molecular flexibility index (Phi) is 3.53. The van der Waals surface area contributed by atoms with Gasteiger partial charge >= 0.3 is 0 Å².